The molecule has 0 bridgehead atoms. The summed E-state index contributed by atoms with van der Waals surface area (Å²) in [6.07, 6.45) is 1.61. The highest BCUT2D eigenvalue weighted by Crippen LogP contribution is 2.38. The van der Waals surface area contributed by atoms with Crippen LogP contribution in [0.15, 0.2) is 41.3 Å². The van der Waals surface area contributed by atoms with E-state index in [1.54, 1.807) is 25.3 Å². The number of hydrogen-bond acceptors (Lipinski definition) is 7. The van der Waals surface area contributed by atoms with Crippen LogP contribution >= 0.6 is 34.4 Å². The lowest BCUT2D eigenvalue weighted by atomic mass is 10.1. The maximum Gasteiger partial charge on any atom is 0.293 e. The predicted octanol–water partition coefficient (Wildman–Crippen LogP) is 4.84. The van der Waals surface area contributed by atoms with Gasteiger partial charge in [0.25, 0.3) is 16.8 Å². The molecule has 0 unspecified atom stereocenters. The molecule has 10 heteroatoms. The highest BCUT2D eigenvalue weighted by molar-refractivity contribution is 14.1. The fourth-order valence-corrected chi connectivity index (χ4v) is 4.60. The van der Waals surface area contributed by atoms with Crippen LogP contribution in [-0.2, 0) is 11.3 Å². The standard InChI is InChI=1S/C20H17IN2O6S/c1-3-29-16-9-12(8-14(21)18(16)28-2)10-17-19(24)22(20(25)30-17)11-13-6-4-5-7-15(13)23(26)27/h4-10H,3,11H2,1-2H3/b17-10-. The predicted molar refractivity (Wildman–Crippen MR) is 121 cm³/mol. The number of thioether (sulfide) groups is 1. The lowest BCUT2D eigenvalue weighted by molar-refractivity contribution is -0.385. The molecule has 8 nitrogen and oxygen atoms in total. The summed E-state index contributed by atoms with van der Waals surface area (Å²) in [6.45, 7) is 2.14. The number of nitro groups is 1. The number of amides is 2. The van der Waals surface area contributed by atoms with Crippen molar-refractivity contribution in [1.29, 1.82) is 0 Å². The van der Waals surface area contributed by atoms with Gasteiger partial charge in [0.05, 0.1) is 33.7 Å². The Morgan fingerprint density at radius 1 is 1.27 bits per heavy atom. The molecule has 0 spiro atoms. The van der Waals surface area contributed by atoms with Crippen molar-refractivity contribution in [1.82, 2.24) is 4.90 Å². The summed E-state index contributed by atoms with van der Waals surface area (Å²) in [5.74, 6) is 0.642. The van der Waals surface area contributed by atoms with Gasteiger partial charge in [-0.25, -0.2) is 0 Å². The van der Waals surface area contributed by atoms with E-state index in [1.807, 2.05) is 13.0 Å². The van der Waals surface area contributed by atoms with Gasteiger partial charge >= 0.3 is 0 Å². The number of halogens is 1. The zero-order valence-electron chi connectivity index (χ0n) is 16.1. The first-order chi connectivity index (χ1) is 14.3. The fraction of sp³-hybridized carbons (Fsp3) is 0.200. The van der Waals surface area contributed by atoms with Gasteiger partial charge < -0.3 is 9.47 Å². The molecule has 0 saturated carbocycles. The summed E-state index contributed by atoms with van der Waals surface area (Å²) in [4.78, 5) is 37.2. The molecule has 0 radical (unpaired) electrons. The van der Waals surface area contributed by atoms with Crippen molar-refractivity contribution in [2.75, 3.05) is 13.7 Å². The van der Waals surface area contributed by atoms with Crippen LogP contribution in [0, 0.1) is 13.7 Å². The largest absolute Gasteiger partial charge is 0.492 e. The second-order valence-electron chi connectivity index (χ2n) is 6.12. The molecule has 2 aromatic carbocycles. The molecule has 1 heterocycles. The molecule has 30 heavy (non-hydrogen) atoms. The molecule has 2 aromatic rings. The van der Waals surface area contributed by atoms with Crippen LogP contribution in [0.2, 0.25) is 0 Å². The Hall–Kier alpha value is -2.60. The van der Waals surface area contributed by atoms with Crippen molar-refractivity contribution < 1.29 is 24.0 Å². The van der Waals surface area contributed by atoms with E-state index < -0.39 is 16.1 Å². The summed E-state index contributed by atoms with van der Waals surface area (Å²) in [6, 6.07) is 9.60. The first-order valence-electron chi connectivity index (χ1n) is 8.83. The average Bonchev–Trinajstić information content (AvgIpc) is 2.96. The van der Waals surface area contributed by atoms with E-state index in [0.29, 0.717) is 29.2 Å². The minimum atomic E-state index is -0.529. The number of para-hydroxylation sites is 1. The van der Waals surface area contributed by atoms with E-state index in [2.05, 4.69) is 22.6 Å². The maximum atomic E-state index is 12.8. The quantitative estimate of drug-likeness (QED) is 0.215. The van der Waals surface area contributed by atoms with Crippen molar-refractivity contribution in [2.45, 2.75) is 13.5 Å². The summed E-state index contributed by atoms with van der Waals surface area (Å²) in [5.41, 5.74) is 0.843. The number of nitro benzene ring substituents is 1. The molecule has 2 amide bonds. The average molecular weight is 540 g/mol. The molecule has 1 aliphatic rings. The summed E-state index contributed by atoms with van der Waals surface area (Å²) < 4.78 is 11.8. The van der Waals surface area contributed by atoms with Gasteiger partial charge in [-0.2, -0.15) is 0 Å². The van der Waals surface area contributed by atoms with Crippen molar-refractivity contribution in [3.8, 4) is 11.5 Å². The summed E-state index contributed by atoms with van der Waals surface area (Å²) in [7, 11) is 1.55. The van der Waals surface area contributed by atoms with E-state index in [4.69, 9.17) is 9.47 Å². The minimum absolute atomic E-state index is 0.133. The Bertz CT molecular complexity index is 1060. The molecule has 0 N–H and O–H groups in total. The van der Waals surface area contributed by atoms with Crippen LogP contribution in [-0.4, -0.2) is 34.7 Å². The van der Waals surface area contributed by atoms with Crippen molar-refractivity contribution in [3.63, 3.8) is 0 Å². The molecule has 1 aliphatic heterocycles. The topological polar surface area (TPSA) is 99.0 Å². The molecule has 3 rings (SSSR count). The van der Waals surface area contributed by atoms with E-state index >= 15 is 0 Å². The van der Waals surface area contributed by atoms with E-state index in [1.165, 1.54) is 18.2 Å². The minimum Gasteiger partial charge on any atom is -0.492 e. The highest BCUT2D eigenvalue weighted by Gasteiger charge is 2.36. The Balaban J connectivity index is 1.90. The second kappa shape index (κ2) is 9.47. The zero-order chi connectivity index (χ0) is 21.8. The number of methoxy groups -OCH3 is 1. The van der Waals surface area contributed by atoms with Crippen molar-refractivity contribution in [2.24, 2.45) is 0 Å². The van der Waals surface area contributed by atoms with Crippen LogP contribution < -0.4 is 9.47 Å². The number of rotatable bonds is 7. The molecular formula is C20H17IN2O6S. The molecule has 0 aromatic heterocycles. The van der Waals surface area contributed by atoms with E-state index in [0.717, 1.165) is 20.2 Å². The van der Waals surface area contributed by atoms with Gasteiger partial charge in [-0.15, -0.1) is 0 Å². The van der Waals surface area contributed by atoms with Gasteiger partial charge in [-0.3, -0.25) is 24.6 Å². The third-order valence-corrected chi connectivity index (χ3v) is 5.93. The fourth-order valence-electron chi connectivity index (χ4n) is 2.91. The normalized spacial score (nSPS) is 15.0. The van der Waals surface area contributed by atoms with Crippen molar-refractivity contribution >= 4 is 57.3 Å². The Kier molecular flexibility index (Phi) is 6.98. The Morgan fingerprint density at radius 3 is 2.67 bits per heavy atom. The number of imide groups is 1. The highest BCUT2D eigenvalue weighted by atomic mass is 127. The summed E-state index contributed by atoms with van der Waals surface area (Å²) >= 11 is 2.91. The SMILES string of the molecule is CCOc1cc(/C=C2\SC(=O)N(Cc3ccccc3[N+](=O)[O-])C2=O)cc(I)c1OC. The molecule has 1 fully saturated rings. The molecule has 0 atom stereocenters. The molecule has 156 valence electrons. The van der Waals surface area contributed by atoms with Gasteiger partial charge in [-0.1, -0.05) is 18.2 Å². The third kappa shape index (κ3) is 4.59. The van der Waals surface area contributed by atoms with Crippen LogP contribution in [0.3, 0.4) is 0 Å². The monoisotopic (exact) mass is 540 g/mol. The van der Waals surface area contributed by atoms with Crippen molar-refractivity contribution in [3.05, 3.63) is 66.1 Å². The number of nitrogens with zero attached hydrogens (tertiary/aromatic N) is 2. The number of hydrogen-bond donors (Lipinski definition) is 0. The van der Waals surface area contributed by atoms with Gasteiger partial charge in [0, 0.05) is 11.6 Å². The van der Waals surface area contributed by atoms with Crippen LogP contribution in [0.4, 0.5) is 10.5 Å². The van der Waals surface area contributed by atoms with Gasteiger partial charge in [0.15, 0.2) is 11.5 Å². The van der Waals surface area contributed by atoms with Crippen LogP contribution in [0.1, 0.15) is 18.1 Å². The number of benzene rings is 2. The molecule has 1 saturated heterocycles. The zero-order valence-corrected chi connectivity index (χ0v) is 19.1. The lowest BCUT2D eigenvalue weighted by Crippen LogP contribution is -2.27. The lowest BCUT2D eigenvalue weighted by Gasteiger charge is -2.13. The summed E-state index contributed by atoms with van der Waals surface area (Å²) in [5, 5.41) is 10.7. The third-order valence-electron chi connectivity index (χ3n) is 4.22. The van der Waals surface area contributed by atoms with Gasteiger partial charge in [-0.05, 0) is 65.0 Å². The first-order valence-corrected chi connectivity index (χ1v) is 10.7. The smallest absolute Gasteiger partial charge is 0.293 e. The van der Waals surface area contributed by atoms with Gasteiger partial charge in [0.1, 0.15) is 0 Å². The van der Waals surface area contributed by atoms with E-state index in [9.17, 15) is 19.7 Å². The molecule has 0 aliphatic carbocycles. The molecular weight excluding hydrogens is 523 g/mol. The van der Waals surface area contributed by atoms with Crippen LogP contribution in [0.25, 0.3) is 6.08 Å². The number of carbonyl (C=O) groups is 2. The Labute approximate surface area is 190 Å². The Morgan fingerprint density at radius 2 is 2.00 bits per heavy atom. The number of ether oxygens (including phenoxy) is 2. The maximum absolute atomic E-state index is 12.8. The van der Waals surface area contributed by atoms with E-state index in [-0.39, 0.29) is 17.1 Å². The van der Waals surface area contributed by atoms with Crippen LogP contribution in [0.5, 0.6) is 11.5 Å². The van der Waals surface area contributed by atoms with Gasteiger partial charge in [0.2, 0.25) is 0 Å². The first kappa shape index (κ1) is 22.1. The number of carbonyl (C=O) groups excluding carboxylic acids is 2. The second-order valence-corrected chi connectivity index (χ2v) is 8.28.